The number of nitrogens with zero attached hydrogens (tertiary/aromatic N) is 5. The van der Waals surface area contributed by atoms with Crippen molar-refractivity contribution in [2.75, 3.05) is 7.05 Å². The number of alkyl halides is 3. The first-order chi connectivity index (χ1) is 13.6. The number of aliphatic hydroxyl groups excluding tert-OH is 1. The molecule has 154 valence electrons. The highest BCUT2D eigenvalue weighted by molar-refractivity contribution is 5.92. The molecule has 2 aromatic heterocycles. The van der Waals surface area contributed by atoms with E-state index in [2.05, 4.69) is 15.2 Å². The lowest BCUT2D eigenvalue weighted by atomic mass is 10.1. The van der Waals surface area contributed by atoms with Crippen LogP contribution in [0.5, 0.6) is 0 Å². The predicted octanol–water partition coefficient (Wildman–Crippen LogP) is 2.81. The summed E-state index contributed by atoms with van der Waals surface area (Å²) in [6.07, 6.45) is -4.65. The van der Waals surface area contributed by atoms with Crippen molar-refractivity contribution in [1.82, 2.24) is 24.8 Å². The van der Waals surface area contributed by atoms with Gasteiger partial charge in [-0.05, 0) is 18.6 Å². The highest BCUT2D eigenvalue weighted by atomic mass is 19.4. The number of rotatable bonds is 5. The number of halogens is 3. The topological polar surface area (TPSA) is 97.3 Å². The van der Waals surface area contributed by atoms with Crippen molar-refractivity contribution in [2.45, 2.75) is 25.7 Å². The Morgan fingerprint density at radius 1 is 1.34 bits per heavy atom. The van der Waals surface area contributed by atoms with Gasteiger partial charge in [0.2, 0.25) is 11.7 Å². The Labute approximate surface area is 163 Å². The van der Waals surface area contributed by atoms with Gasteiger partial charge in [-0.3, -0.25) is 9.48 Å². The van der Waals surface area contributed by atoms with Crippen molar-refractivity contribution < 1.29 is 27.6 Å². The number of amides is 1. The fraction of sp³-hybridized carbons (Fsp3) is 0.333. The second-order valence-corrected chi connectivity index (χ2v) is 6.44. The normalized spacial score (nSPS) is 12.8. The van der Waals surface area contributed by atoms with E-state index in [-0.39, 0.29) is 24.0 Å². The summed E-state index contributed by atoms with van der Waals surface area (Å²) in [6, 6.07) is 6.91. The predicted molar refractivity (Wildman–Crippen MR) is 94.4 cm³/mol. The van der Waals surface area contributed by atoms with Gasteiger partial charge in [-0.2, -0.15) is 23.3 Å². The van der Waals surface area contributed by atoms with E-state index in [9.17, 15) is 23.1 Å². The highest BCUT2D eigenvalue weighted by Crippen LogP contribution is 2.29. The largest absolute Gasteiger partial charge is 0.435 e. The highest BCUT2D eigenvalue weighted by Gasteiger charge is 2.36. The monoisotopic (exact) mass is 409 g/mol. The average Bonchev–Trinajstić information content (AvgIpc) is 3.33. The minimum Gasteiger partial charge on any atom is -0.392 e. The van der Waals surface area contributed by atoms with Crippen LogP contribution in [0.15, 0.2) is 34.9 Å². The summed E-state index contributed by atoms with van der Waals surface area (Å²) in [5.41, 5.74) is -0.0737. The van der Waals surface area contributed by atoms with Crippen molar-refractivity contribution >= 4 is 5.91 Å². The third-order valence-electron chi connectivity index (χ3n) is 4.46. The van der Waals surface area contributed by atoms with Crippen molar-refractivity contribution in [3.8, 4) is 11.4 Å². The van der Waals surface area contributed by atoms with Gasteiger partial charge in [-0.15, -0.1) is 0 Å². The fourth-order valence-corrected chi connectivity index (χ4v) is 2.66. The van der Waals surface area contributed by atoms with Crippen LogP contribution in [-0.4, -0.2) is 42.9 Å². The first-order valence-corrected chi connectivity index (χ1v) is 8.54. The van der Waals surface area contributed by atoms with Crippen LogP contribution in [0, 0.1) is 0 Å². The molecule has 1 amide bonds. The Bertz CT molecular complexity index is 1030. The number of benzene rings is 1. The molecule has 2 heterocycles. The Morgan fingerprint density at radius 2 is 2.07 bits per heavy atom. The first-order valence-electron chi connectivity index (χ1n) is 8.54. The summed E-state index contributed by atoms with van der Waals surface area (Å²) in [6.45, 7) is 1.47. The fourth-order valence-electron chi connectivity index (χ4n) is 2.66. The number of carbonyl (C=O) groups is 1. The lowest BCUT2D eigenvalue weighted by Crippen LogP contribution is -2.31. The van der Waals surface area contributed by atoms with E-state index in [0.717, 1.165) is 4.68 Å². The van der Waals surface area contributed by atoms with Crippen LogP contribution in [0.2, 0.25) is 0 Å². The molecule has 1 N–H and O–H groups in total. The van der Waals surface area contributed by atoms with Crippen molar-refractivity contribution in [2.24, 2.45) is 7.05 Å². The Hall–Kier alpha value is -3.21. The zero-order chi connectivity index (χ0) is 21.3. The molecule has 0 spiro atoms. The summed E-state index contributed by atoms with van der Waals surface area (Å²) in [5.74, 6) is -0.295. The molecular formula is C18H18F3N5O3. The lowest BCUT2D eigenvalue weighted by Gasteiger charge is -2.21. The van der Waals surface area contributed by atoms with Crippen molar-refractivity contribution in [3.05, 3.63) is 53.2 Å². The molecule has 0 saturated carbocycles. The van der Waals surface area contributed by atoms with Crippen LogP contribution in [0.1, 0.15) is 40.6 Å². The molecule has 1 aromatic carbocycles. The molecular weight excluding hydrogens is 391 g/mol. The molecule has 3 rings (SSSR count). The van der Waals surface area contributed by atoms with Gasteiger partial charge >= 0.3 is 6.18 Å². The standard InChI is InChI=1S/C18H18F3N5O3/c1-10(16-22-15(24-29-16)12-6-4-5-11(7-12)9-27)25(2)17(28)13-8-14(18(19,20)21)23-26(13)3/h4-8,10,27H,9H2,1-3H3. The molecule has 29 heavy (non-hydrogen) atoms. The molecule has 0 bridgehead atoms. The van der Waals surface area contributed by atoms with E-state index in [0.29, 0.717) is 17.2 Å². The smallest absolute Gasteiger partial charge is 0.392 e. The maximum Gasteiger partial charge on any atom is 0.435 e. The number of hydrogen-bond donors (Lipinski definition) is 1. The summed E-state index contributed by atoms with van der Waals surface area (Å²) < 4.78 is 44.6. The van der Waals surface area contributed by atoms with Gasteiger partial charge in [0.1, 0.15) is 11.7 Å². The van der Waals surface area contributed by atoms with Gasteiger partial charge in [0.05, 0.1) is 6.61 Å². The molecule has 0 aliphatic heterocycles. The number of aryl methyl sites for hydroxylation is 1. The molecule has 0 aliphatic carbocycles. The van der Waals surface area contributed by atoms with E-state index in [4.69, 9.17) is 4.52 Å². The number of aliphatic hydroxyl groups is 1. The molecule has 0 radical (unpaired) electrons. The van der Waals surface area contributed by atoms with Crippen molar-refractivity contribution in [3.63, 3.8) is 0 Å². The molecule has 0 saturated heterocycles. The van der Waals surface area contributed by atoms with E-state index in [1.165, 1.54) is 19.0 Å². The Balaban J connectivity index is 1.82. The van der Waals surface area contributed by atoms with Gasteiger partial charge in [0.15, 0.2) is 5.69 Å². The van der Waals surface area contributed by atoms with Gasteiger partial charge in [0, 0.05) is 25.7 Å². The van der Waals surface area contributed by atoms with Gasteiger partial charge < -0.3 is 14.5 Å². The molecule has 8 nitrogen and oxygen atoms in total. The Morgan fingerprint density at radius 3 is 2.69 bits per heavy atom. The van der Waals surface area contributed by atoms with Gasteiger partial charge in [-0.1, -0.05) is 23.4 Å². The van der Waals surface area contributed by atoms with Crippen LogP contribution < -0.4 is 0 Å². The third-order valence-corrected chi connectivity index (χ3v) is 4.46. The average molecular weight is 409 g/mol. The molecule has 1 atom stereocenters. The minimum atomic E-state index is -4.65. The molecule has 0 fully saturated rings. The zero-order valence-corrected chi connectivity index (χ0v) is 15.8. The van der Waals surface area contributed by atoms with E-state index in [1.54, 1.807) is 31.2 Å². The second-order valence-electron chi connectivity index (χ2n) is 6.44. The molecule has 3 aromatic rings. The maximum atomic E-state index is 12.8. The summed E-state index contributed by atoms with van der Waals surface area (Å²) >= 11 is 0. The molecule has 11 heteroatoms. The van der Waals surface area contributed by atoms with Crippen LogP contribution in [0.25, 0.3) is 11.4 Å². The van der Waals surface area contributed by atoms with Crippen molar-refractivity contribution in [1.29, 1.82) is 0 Å². The van der Waals surface area contributed by atoms with E-state index in [1.807, 2.05) is 0 Å². The first kappa shape index (κ1) is 20.5. The van der Waals surface area contributed by atoms with Gasteiger partial charge in [-0.25, -0.2) is 0 Å². The molecule has 0 aliphatic rings. The maximum absolute atomic E-state index is 12.8. The van der Waals surface area contributed by atoms with Crippen LogP contribution in [0.3, 0.4) is 0 Å². The second kappa shape index (κ2) is 7.66. The van der Waals surface area contributed by atoms with E-state index >= 15 is 0 Å². The minimum absolute atomic E-state index is 0.114. The lowest BCUT2D eigenvalue weighted by molar-refractivity contribution is -0.141. The summed E-state index contributed by atoms with van der Waals surface area (Å²) in [7, 11) is 2.68. The summed E-state index contributed by atoms with van der Waals surface area (Å²) in [4.78, 5) is 18.1. The van der Waals surface area contributed by atoms with Crippen LogP contribution in [0.4, 0.5) is 13.2 Å². The number of hydrogen-bond acceptors (Lipinski definition) is 6. The van der Waals surface area contributed by atoms with Crippen LogP contribution >= 0.6 is 0 Å². The zero-order valence-electron chi connectivity index (χ0n) is 15.8. The SMILES string of the molecule is CC(c1nc(-c2cccc(CO)c2)no1)N(C)C(=O)c1cc(C(F)(F)F)nn1C. The quantitative estimate of drug-likeness (QED) is 0.696. The Kier molecular flexibility index (Phi) is 5.42. The third kappa shape index (κ3) is 4.14. The van der Waals surface area contributed by atoms with E-state index < -0.39 is 23.8 Å². The number of aromatic nitrogens is 4. The summed E-state index contributed by atoms with van der Waals surface area (Å²) in [5, 5.41) is 16.5. The van der Waals surface area contributed by atoms with Crippen LogP contribution in [-0.2, 0) is 19.8 Å². The van der Waals surface area contributed by atoms with Gasteiger partial charge in [0.25, 0.3) is 5.91 Å². The number of carbonyl (C=O) groups excluding carboxylic acids is 1. The molecule has 1 unspecified atom stereocenters.